The Morgan fingerprint density at radius 3 is 2.50 bits per heavy atom. The summed E-state index contributed by atoms with van der Waals surface area (Å²) in [4.78, 5) is 10.8. The standard InChI is InChI=1S/C12H15F2NO4S/c1-3-19-12(16)6-7-15(2)20(17,18)9-4-5-10(13)11(14)8-9/h4-5,8H,3,6-7H2,1-2H3. The third-order valence-electron chi connectivity index (χ3n) is 2.54. The largest absolute Gasteiger partial charge is 0.466 e. The minimum absolute atomic E-state index is 0.111. The molecular weight excluding hydrogens is 292 g/mol. The molecule has 0 N–H and O–H groups in total. The average Bonchev–Trinajstić information content (AvgIpc) is 2.39. The van der Waals surface area contributed by atoms with E-state index in [-0.39, 0.29) is 24.5 Å². The van der Waals surface area contributed by atoms with Gasteiger partial charge >= 0.3 is 5.97 Å². The Kier molecular flexibility index (Phi) is 5.58. The van der Waals surface area contributed by atoms with E-state index in [0.717, 1.165) is 16.4 Å². The molecule has 0 heterocycles. The van der Waals surface area contributed by atoms with Crippen LogP contribution in [0.5, 0.6) is 0 Å². The lowest BCUT2D eigenvalue weighted by Gasteiger charge is -2.16. The molecule has 0 aliphatic heterocycles. The van der Waals surface area contributed by atoms with Crippen LogP contribution >= 0.6 is 0 Å². The van der Waals surface area contributed by atoms with Crippen molar-refractivity contribution in [2.45, 2.75) is 18.2 Å². The van der Waals surface area contributed by atoms with Gasteiger partial charge in [0.1, 0.15) is 0 Å². The number of sulfonamides is 1. The van der Waals surface area contributed by atoms with Gasteiger partial charge in [-0.05, 0) is 25.1 Å². The summed E-state index contributed by atoms with van der Waals surface area (Å²) < 4.78 is 55.5. The number of carbonyl (C=O) groups excluding carboxylic acids is 1. The molecule has 5 nitrogen and oxygen atoms in total. The van der Waals surface area contributed by atoms with Gasteiger partial charge in [0.05, 0.1) is 17.9 Å². The van der Waals surface area contributed by atoms with Crippen molar-refractivity contribution in [1.82, 2.24) is 4.31 Å². The predicted molar refractivity (Wildman–Crippen MR) is 67.4 cm³/mol. The highest BCUT2D eigenvalue weighted by molar-refractivity contribution is 7.89. The highest BCUT2D eigenvalue weighted by Gasteiger charge is 2.22. The van der Waals surface area contributed by atoms with Gasteiger partial charge in [0, 0.05) is 13.6 Å². The molecule has 1 aromatic carbocycles. The van der Waals surface area contributed by atoms with Crippen molar-refractivity contribution in [3.05, 3.63) is 29.8 Å². The van der Waals surface area contributed by atoms with Gasteiger partial charge in [-0.25, -0.2) is 21.5 Å². The van der Waals surface area contributed by atoms with Crippen molar-refractivity contribution in [2.24, 2.45) is 0 Å². The second kappa shape index (κ2) is 6.76. The Hall–Kier alpha value is -1.54. The van der Waals surface area contributed by atoms with Crippen LogP contribution in [0.25, 0.3) is 0 Å². The van der Waals surface area contributed by atoms with Gasteiger partial charge in [0.25, 0.3) is 0 Å². The number of ether oxygens (including phenoxy) is 1. The molecule has 0 aromatic heterocycles. The molecule has 20 heavy (non-hydrogen) atoms. The number of rotatable bonds is 6. The predicted octanol–water partition coefficient (Wildman–Crippen LogP) is 1.54. The van der Waals surface area contributed by atoms with Crippen LogP contribution in [0.15, 0.2) is 23.1 Å². The van der Waals surface area contributed by atoms with E-state index in [2.05, 4.69) is 4.74 Å². The minimum Gasteiger partial charge on any atom is -0.466 e. The van der Waals surface area contributed by atoms with E-state index in [1.54, 1.807) is 6.92 Å². The number of halogens is 2. The molecule has 0 radical (unpaired) electrons. The summed E-state index contributed by atoms with van der Waals surface area (Å²) in [5.41, 5.74) is 0. The summed E-state index contributed by atoms with van der Waals surface area (Å²) in [5, 5.41) is 0. The molecule has 1 rings (SSSR count). The lowest BCUT2D eigenvalue weighted by Crippen LogP contribution is -2.29. The van der Waals surface area contributed by atoms with Crippen LogP contribution in [-0.4, -0.2) is 38.9 Å². The van der Waals surface area contributed by atoms with Crippen molar-refractivity contribution in [3.63, 3.8) is 0 Å². The maximum Gasteiger partial charge on any atom is 0.307 e. The molecular formula is C12H15F2NO4S. The molecule has 0 spiro atoms. The third kappa shape index (κ3) is 3.97. The van der Waals surface area contributed by atoms with Crippen molar-refractivity contribution >= 4 is 16.0 Å². The Bertz CT molecular complexity index is 589. The normalized spacial score (nSPS) is 11.7. The van der Waals surface area contributed by atoms with Crippen LogP contribution in [0.4, 0.5) is 8.78 Å². The van der Waals surface area contributed by atoms with Crippen molar-refractivity contribution in [3.8, 4) is 0 Å². The first-order valence-corrected chi connectivity index (χ1v) is 7.30. The van der Waals surface area contributed by atoms with Crippen molar-refractivity contribution in [1.29, 1.82) is 0 Å². The monoisotopic (exact) mass is 307 g/mol. The van der Waals surface area contributed by atoms with Crippen LogP contribution in [-0.2, 0) is 19.6 Å². The first-order valence-electron chi connectivity index (χ1n) is 5.86. The van der Waals surface area contributed by atoms with E-state index in [4.69, 9.17) is 0 Å². The molecule has 0 atom stereocenters. The fourth-order valence-corrected chi connectivity index (χ4v) is 2.60. The summed E-state index contributed by atoms with van der Waals surface area (Å²) in [6, 6.07) is 2.31. The van der Waals surface area contributed by atoms with Gasteiger partial charge in [-0.15, -0.1) is 0 Å². The van der Waals surface area contributed by atoms with Gasteiger partial charge in [0.2, 0.25) is 10.0 Å². The van der Waals surface area contributed by atoms with Crippen LogP contribution in [0.1, 0.15) is 13.3 Å². The number of nitrogens with zero attached hydrogens (tertiary/aromatic N) is 1. The van der Waals surface area contributed by atoms with E-state index >= 15 is 0 Å². The molecule has 8 heteroatoms. The molecule has 0 fully saturated rings. The maximum atomic E-state index is 13.1. The molecule has 1 aromatic rings. The lowest BCUT2D eigenvalue weighted by molar-refractivity contribution is -0.143. The summed E-state index contributed by atoms with van der Waals surface area (Å²) >= 11 is 0. The van der Waals surface area contributed by atoms with Crippen molar-refractivity contribution < 1.29 is 26.7 Å². The molecule has 0 unspecified atom stereocenters. The molecule has 0 saturated carbocycles. The van der Waals surface area contributed by atoms with Crippen LogP contribution in [0.3, 0.4) is 0 Å². The molecule has 0 aliphatic rings. The van der Waals surface area contributed by atoms with Crippen LogP contribution in [0.2, 0.25) is 0 Å². The Labute approximate surface area is 116 Å². The number of hydrogen-bond donors (Lipinski definition) is 0. The Morgan fingerprint density at radius 1 is 1.30 bits per heavy atom. The van der Waals surface area contributed by atoms with Crippen molar-refractivity contribution in [2.75, 3.05) is 20.2 Å². The molecule has 0 bridgehead atoms. The SMILES string of the molecule is CCOC(=O)CCN(C)S(=O)(=O)c1ccc(F)c(F)c1. The molecule has 112 valence electrons. The minimum atomic E-state index is -3.97. The molecule has 0 saturated heterocycles. The van der Waals surface area contributed by atoms with Crippen LogP contribution in [0, 0.1) is 11.6 Å². The fourth-order valence-electron chi connectivity index (χ4n) is 1.42. The second-order valence-corrected chi connectivity index (χ2v) is 6.00. The molecule has 0 aliphatic carbocycles. The van der Waals surface area contributed by atoms with E-state index < -0.39 is 27.6 Å². The summed E-state index contributed by atoms with van der Waals surface area (Å²) in [7, 11) is -2.72. The first-order chi connectivity index (χ1) is 9.28. The second-order valence-electron chi connectivity index (χ2n) is 3.96. The zero-order valence-electron chi connectivity index (χ0n) is 11.1. The number of carbonyl (C=O) groups is 1. The van der Waals surface area contributed by atoms with Gasteiger partial charge in [-0.3, -0.25) is 4.79 Å². The van der Waals surface area contributed by atoms with E-state index in [9.17, 15) is 22.0 Å². The zero-order valence-corrected chi connectivity index (χ0v) is 11.9. The maximum absolute atomic E-state index is 13.1. The fraction of sp³-hybridized carbons (Fsp3) is 0.417. The van der Waals surface area contributed by atoms with Gasteiger partial charge < -0.3 is 4.74 Å². The molecule has 0 amide bonds. The van der Waals surface area contributed by atoms with E-state index in [1.807, 2.05) is 0 Å². The van der Waals surface area contributed by atoms with Crippen LogP contribution < -0.4 is 0 Å². The summed E-state index contributed by atoms with van der Waals surface area (Å²) in [5.74, 6) is -2.90. The van der Waals surface area contributed by atoms with Gasteiger partial charge in [0.15, 0.2) is 11.6 Å². The van der Waals surface area contributed by atoms with E-state index in [1.165, 1.54) is 7.05 Å². The third-order valence-corrected chi connectivity index (χ3v) is 4.39. The highest BCUT2D eigenvalue weighted by atomic mass is 32.2. The summed E-state index contributed by atoms with van der Waals surface area (Å²) in [6.45, 7) is 1.73. The Balaban J connectivity index is 2.82. The number of hydrogen-bond acceptors (Lipinski definition) is 4. The zero-order chi connectivity index (χ0) is 15.3. The topological polar surface area (TPSA) is 63.7 Å². The number of esters is 1. The lowest BCUT2D eigenvalue weighted by atomic mass is 10.3. The Morgan fingerprint density at radius 2 is 1.95 bits per heavy atom. The average molecular weight is 307 g/mol. The highest BCUT2D eigenvalue weighted by Crippen LogP contribution is 2.17. The first kappa shape index (κ1) is 16.5. The van der Waals surface area contributed by atoms with E-state index in [0.29, 0.717) is 6.07 Å². The number of benzene rings is 1. The quantitative estimate of drug-likeness (QED) is 0.748. The van der Waals surface area contributed by atoms with Gasteiger partial charge in [-0.1, -0.05) is 0 Å². The smallest absolute Gasteiger partial charge is 0.307 e. The van der Waals surface area contributed by atoms with Gasteiger partial charge in [-0.2, -0.15) is 0 Å². The summed E-state index contributed by atoms with van der Waals surface area (Å²) in [6.07, 6.45) is -0.118.